The average Bonchev–Trinajstić information content (AvgIpc) is 2.45. The van der Waals surface area contributed by atoms with E-state index in [9.17, 15) is 5.26 Å². The Morgan fingerprint density at radius 2 is 1.19 bits per heavy atom. The number of aryl methyl sites for hydroxylation is 3. The van der Waals surface area contributed by atoms with Gasteiger partial charge in [0.15, 0.2) is 0 Å². The van der Waals surface area contributed by atoms with E-state index in [-0.39, 0.29) is 0 Å². The fourth-order valence-corrected chi connectivity index (χ4v) is 2.73. The van der Waals surface area contributed by atoms with Crippen molar-refractivity contribution in [2.45, 2.75) is 20.8 Å². The molecule has 2 rings (SSSR count). The van der Waals surface area contributed by atoms with Crippen LogP contribution in [-0.4, -0.2) is 14.2 Å². The number of benzene rings is 2. The lowest BCUT2D eigenvalue weighted by Gasteiger charge is -2.14. The topological polar surface area (TPSA) is 42.2 Å². The van der Waals surface area contributed by atoms with Gasteiger partial charge in [-0.25, -0.2) is 0 Å². The molecule has 0 saturated carbocycles. The lowest BCUT2D eigenvalue weighted by atomic mass is 9.96. The van der Waals surface area contributed by atoms with Crippen molar-refractivity contribution in [1.29, 1.82) is 5.26 Å². The molecule has 0 heterocycles. The molecule has 0 aliphatic rings. The predicted molar refractivity (Wildman–Crippen MR) is 83.9 cm³/mol. The third kappa shape index (κ3) is 2.71. The quantitative estimate of drug-likeness (QED) is 0.848. The Morgan fingerprint density at radius 1 is 0.762 bits per heavy atom. The number of ether oxygens (including phenoxy) is 2. The summed E-state index contributed by atoms with van der Waals surface area (Å²) in [7, 11) is 3.27. The number of nitriles is 1. The molecule has 3 heteroatoms. The van der Waals surface area contributed by atoms with Gasteiger partial charge in [-0.2, -0.15) is 5.26 Å². The number of nitrogens with zero attached hydrogens (tertiary/aromatic N) is 1. The minimum atomic E-state index is 0.554. The first-order valence-electron chi connectivity index (χ1n) is 6.76. The Labute approximate surface area is 125 Å². The van der Waals surface area contributed by atoms with Gasteiger partial charge in [0.2, 0.25) is 0 Å². The zero-order chi connectivity index (χ0) is 15.6. The highest BCUT2D eigenvalue weighted by molar-refractivity contribution is 5.71. The molecule has 0 saturated heterocycles. The van der Waals surface area contributed by atoms with Crippen molar-refractivity contribution in [2.24, 2.45) is 0 Å². The minimum absolute atomic E-state index is 0.554. The predicted octanol–water partition coefficient (Wildman–Crippen LogP) is 4.17. The van der Waals surface area contributed by atoms with Crippen molar-refractivity contribution in [3.05, 3.63) is 46.5 Å². The van der Waals surface area contributed by atoms with E-state index in [0.29, 0.717) is 11.3 Å². The molecule has 2 aromatic rings. The SMILES string of the molecule is COc1c(C)cc(-c2cc(C)c(OC)c(C#N)c2)cc1C. The third-order valence-corrected chi connectivity index (χ3v) is 3.60. The zero-order valence-corrected chi connectivity index (χ0v) is 13.1. The standard InChI is InChI=1S/C18H19NO2/c1-11-6-14(7-12(2)17(11)20-4)15-8-13(3)18(21-5)16(9-15)10-19/h6-9H,1-5H3. The molecule has 3 nitrogen and oxygen atoms in total. The highest BCUT2D eigenvalue weighted by Gasteiger charge is 2.12. The highest BCUT2D eigenvalue weighted by atomic mass is 16.5. The molecule has 0 spiro atoms. The summed E-state index contributed by atoms with van der Waals surface area (Å²) in [5.74, 6) is 1.55. The molecule has 0 amide bonds. The molecule has 0 aliphatic heterocycles. The van der Waals surface area contributed by atoms with E-state index >= 15 is 0 Å². The molecule has 2 aromatic carbocycles. The summed E-state index contributed by atoms with van der Waals surface area (Å²) in [4.78, 5) is 0. The number of hydrogen-bond acceptors (Lipinski definition) is 3. The van der Waals surface area contributed by atoms with Crippen molar-refractivity contribution < 1.29 is 9.47 Å². The number of hydrogen-bond donors (Lipinski definition) is 0. The van der Waals surface area contributed by atoms with Crippen LogP contribution in [0.25, 0.3) is 11.1 Å². The molecular weight excluding hydrogens is 262 g/mol. The van der Waals surface area contributed by atoms with E-state index in [0.717, 1.165) is 33.6 Å². The van der Waals surface area contributed by atoms with E-state index in [4.69, 9.17) is 9.47 Å². The van der Waals surface area contributed by atoms with Crippen molar-refractivity contribution in [3.63, 3.8) is 0 Å². The molecule has 0 N–H and O–H groups in total. The summed E-state index contributed by atoms with van der Waals surface area (Å²) < 4.78 is 10.7. The smallest absolute Gasteiger partial charge is 0.139 e. The highest BCUT2D eigenvalue weighted by Crippen LogP contribution is 2.33. The van der Waals surface area contributed by atoms with Gasteiger partial charge in [-0.3, -0.25) is 0 Å². The summed E-state index contributed by atoms with van der Waals surface area (Å²) in [6, 6.07) is 10.3. The molecule has 21 heavy (non-hydrogen) atoms. The second-order valence-electron chi connectivity index (χ2n) is 5.13. The van der Waals surface area contributed by atoms with Crippen molar-refractivity contribution >= 4 is 0 Å². The molecule has 0 aromatic heterocycles. The maximum Gasteiger partial charge on any atom is 0.139 e. The van der Waals surface area contributed by atoms with Gasteiger partial charge in [-0.1, -0.05) is 0 Å². The van der Waals surface area contributed by atoms with Crippen LogP contribution >= 0.6 is 0 Å². The molecule has 0 radical (unpaired) electrons. The molecule has 0 atom stereocenters. The normalized spacial score (nSPS) is 10.1. The second kappa shape index (κ2) is 5.88. The Kier molecular flexibility index (Phi) is 4.18. The summed E-state index contributed by atoms with van der Waals surface area (Å²) in [5, 5.41) is 9.29. The summed E-state index contributed by atoms with van der Waals surface area (Å²) in [6.07, 6.45) is 0. The van der Waals surface area contributed by atoms with E-state index in [1.165, 1.54) is 0 Å². The van der Waals surface area contributed by atoms with Crippen LogP contribution < -0.4 is 9.47 Å². The van der Waals surface area contributed by atoms with Crippen LogP contribution in [0.3, 0.4) is 0 Å². The first-order valence-corrected chi connectivity index (χ1v) is 6.76. The fourth-order valence-electron chi connectivity index (χ4n) is 2.73. The third-order valence-electron chi connectivity index (χ3n) is 3.60. The maximum absolute atomic E-state index is 9.29. The van der Waals surface area contributed by atoms with Crippen molar-refractivity contribution in [1.82, 2.24) is 0 Å². The van der Waals surface area contributed by atoms with Gasteiger partial charge < -0.3 is 9.47 Å². The average molecular weight is 281 g/mol. The maximum atomic E-state index is 9.29. The van der Waals surface area contributed by atoms with Crippen LogP contribution in [0.1, 0.15) is 22.3 Å². The fraction of sp³-hybridized carbons (Fsp3) is 0.278. The van der Waals surface area contributed by atoms with Gasteiger partial charge in [0.1, 0.15) is 17.6 Å². The Hall–Kier alpha value is -2.47. The van der Waals surface area contributed by atoms with E-state index in [1.807, 2.05) is 32.9 Å². The summed E-state index contributed by atoms with van der Waals surface area (Å²) >= 11 is 0. The van der Waals surface area contributed by atoms with Crippen LogP contribution in [0, 0.1) is 32.1 Å². The van der Waals surface area contributed by atoms with E-state index in [2.05, 4.69) is 18.2 Å². The molecule has 0 unspecified atom stereocenters. The molecule has 0 fully saturated rings. The summed E-state index contributed by atoms with van der Waals surface area (Å²) in [6.45, 7) is 6.00. The molecule has 108 valence electrons. The van der Waals surface area contributed by atoms with E-state index < -0.39 is 0 Å². The van der Waals surface area contributed by atoms with Gasteiger partial charge in [0.05, 0.1) is 19.8 Å². The van der Waals surface area contributed by atoms with Crippen LogP contribution in [0.5, 0.6) is 11.5 Å². The first-order chi connectivity index (χ1) is 10.0. The Balaban J connectivity index is 2.63. The zero-order valence-electron chi connectivity index (χ0n) is 13.1. The van der Waals surface area contributed by atoms with Crippen LogP contribution in [-0.2, 0) is 0 Å². The largest absolute Gasteiger partial charge is 0.496 e. The van der Waals surface area contributed by atoms with Crippen molar-refractivity contribution in [2.75, 3.05) is 14.2 Å². The van der Waals surface area contributed by atoms with Gasteiger partial charge in [-0.15, -0.1) is 0 Å². The van der Waals surface area contributed by atoms with Gasteiger partial charge in [-0.05, 0) is 72.9 Å². The van der Waals surface area contributed by atoms with Crippen molar-refractivity contribution in [3.8, 4) is 28.7 Å². The van der Waals surface area contributed by atoms with Crippen LogP contribution in [0.4, 0.5) is 0 Å². The van der Waals surface area contributed by atoms with Gasteiger partial charge >= 0.3 is 0 Å². The Bertz CT molecular complexity index is 704. The van der Waals surface area contributed by atoms with Crippen LogP contribution in [0.15, 0.2) is 24.3 Å². The van der Waals surface area contributed by atoms with Gasteiger partial charge in [0, 0.05) is 0 Å². The molecule has 0 aliphatic carbocycles. The lowest BCUT2D eigenvalue weighted by molar-refractivity contribution is 0.408. The number of methoxy groups -OCH3 is 2. The van der Waals surface area contributed by atoms with Gasteiger partial charge in [0.25, 0.3) is 0 Å². The Morgan fingerprint density at radius 3 is 1.62 bits per heavy atom. The first kappa shape index (κ1) is 14.9. The molecule has 0 bridgehead atoms. The number of rotatable bonds is 3. The monoisotopic (exact) mass is 281 g/mol. The lowest BCUT2D eigenvalue weighted by Crippen LogP contribution is -1.95. The van der Waals surface area contributed by atoms with Crippen LogP contribution in [0.2, 0.25) is 0 Å². The second-order valence-corrected chi connectivity index (χ2v) is 5.13. The summed E-state index contributed by atoms with van der Waals surface area (Å²) in [5.41, 5.74) is 5.77. The minimum Gasteiger partial charge on any atom is -0.496 e. The van der Waals surface area contributed by atoms with E-state index in [1.54, 1.807) is 14.2 Å². The molecular formula is C18H19NO2.